The molecule has 0 aliphatic rings. The van der Waals surface area contributed by atoms with Crippen LogP contribution >= 0.6 is 7.60 Å². The van der Waals surface area contributed by atoms with Crippen molar-refractivity contribution in [2.75, 3.05) is 6.66 Å². The molecule has 0 radical (unpaired) electrons. The molecule has 4 nitrogen and oxygen atoms in total. The number of aromatic nitrogens is 1. The van der Waals surface area contributed by atoms with E-state index in [0.717, 1.165) is 12.2 Å². The fourth-order valence-electron chi connectivity index (χ4n) is 0.678. The zero-order valence-electron chi connectivity index (χ0n) is 6.67. The lowest BCUT2D eigenvalue weighted by Gasteiger charge is -2.05. The Labute approximate surface area is 70.8 Å². The van der Waals surface area contributed by atoms with Crippen molar-refractivity contribution in [2.45, 2.75) is 6.61 Å². The summed E-state index contributed by atoms with van der Waals surface area (Å²) in [5.41, 5.74) is 0.786. The normalized spacial score (nSPS) is 15.5. The summed E-state index contributed by atoms with van der Waals surface area (Å²) < 4.78 is 15.4. The average Bonchev–Trinajstić information content (AvgIpc) is 2.02. The van der Waals surface area contributed by atoms with Crippen LogP contribution < -0.4 is 0 Å². The first-order chi connectivity index (χ1) is 5.58. The molecule has 0 bridgehead atoms. The van der Waals surface area contributed by atoms with E-state index in [-0.39, 0.29) is 6.61 Å². The van der Waals surface area contributed by atoms with Gasteiger partial charge in [0, 0.05) is 19.1 Å². The van der Waals surface area contributed by atoms with E-state index in [0.29, 0.717) is 0 Å². The Morgan fingerprint density at radius 1 is 1.75 bits per heavy atom. The van der Waals surface area contributed by atoms with Crippen LogP contribution in [0.1, 0.15) is 5.56 Å². The van der Waals surface area contributed by atoms with Crippen LogP contribution in [0.3, 0.4) is 0 Å². The van der Waals surface area contributed by atoms with Gasteiger partial charge in [0.25, 0.3) is 0 Å². The molecule has 1 aromatic rings. The van der Waals surface area contributed by atoms with Crippen LogP contribution in [-0.4, -0.2) is 16.5 Å². The Bertz CT molecular complexity index is 282. The number of rotatable bonds is 3. The van der Waals surface area contributed by atoms with E-state index in [2.05, 4.69) is 9.51 Å². The van der Waals surface area contributed by atoms with E-state index in [1.54, 1.807) is 24.5 Å². The first-order valence-electron chi connectivity index (χ1n) is 3.42. The van der Waals surface area contributed by atoms with Crippen molar-refractivity contribution in [3.8, 4) is 0 Å². The van der Waals surface area contributed by atoms with Crippen LogP contribution in [0.5, 0.6) is 0 Å². The molecule has 0 saturated carbocycles. The number of pyridine rings is 1. The van der Waals surface area contributed by atoms with E-state index in [1.165, 1.54) is 0 Å². The molecule has 0 spiro atoms. The molecule has 0 aliphatic carbocycles. The van der Waals surface area contributed by atoms with E-state index in [9.17, 15) is 4.57 Å². The molecule has 12 heavy (non-hydrogen) atoms. The van der Waals surface area contributed by atoms with Gasteiger partial charge >= 0.3 is 7.60 Å². The van der Waals surface area contributed by atoms with Gasteiger partial charge < -0.3 is 9.42 Å². The van der Waals surface area contributed by atoms with E-state index >= 15 is 0 Å². The molecule has 0 amide bonds. The van der Waals surface area contributed by atoms with Gasteiger partial charge in [-0.1, -0.05) is 6.07 Å². The van der Waals surface area contributed by atoms with Crippen LogP contribution in [0.25, 0.3) is 0 Å². The molecule has 1 rings (SSSR count). The molecule has 0 aromatic carbocycles. The Hall–Kier alpha value is -0.700. The summed E-state index contributed by atoms with van der Waals surface area (Å²) in [7, 11) is -3.36. The van der Waals surface area contributed by atoms with Gasteiger partial charge in [0.2, 0.25) is 0 Å². The average molecular weight is 187 g/mol. The van der Waals surface area contributed by atoms with Crippen molar-refractivity contribution in [3.63, 3.8) is 0 Å². The highest BCUT2D eigenvalue weighted by Crippen LogP contribution is 2.37. The van der Waals surface area contributed by atoms with Gasteiger partial charge in [-0.05, 0) is 11.6 Å². The summed E-state index contributed by atoms with van der Waals surface area (Å²) in [5, 5.41) is 0. The number of hydrogen-bond donors (Lipinski definition) is 1. The summed E-state index contributed by atoms with van der Waals surface area (Å²) in [6.45, 7) is 1.28. The second-order valence-electron chi connectivity index (χ2n) is 2.44. The molecular weight excluding hydrogens is 177 g/mol. The molecule has 5 heteroatoms. The Balaban J connectivity index is 2.50. The second-order valence-corrected chi connectivity index (χ2v) is 4.30. The first kappa shape index (κ1) is 9.39. The summed E-state index contributed by atoms with van der Waals surface area (Å²) in [6.07, 6.45) is 3.23. The molecule has 1 heterocycles. The van der Waals surface area contributed by atoms with Crippen molar-refractivity contribution >= 4 is 7.60 Å². The highest BCUT2D eigenvalue weighted by molar-refractivity contribution is 7.51. The summed E-state index contributed by atoms with van der Waals surface area (Å²) in [4.78, 5) is 12.6. The minimum absolute atomic E-state index is 0.123. The fraction of sp³-hybridized carbons (Fsp3) is 0.286. The lowest BCUT2D eigenvalue weighted by molar-refractivity contribution is 0.255. The fourth-order valence-corrected chi connectivity index (χ4v) is 1.07. The summed E-state index contributed by atoms with van der Waals surface area (Å²) in [5.74, 6) is 0. The van der Waals surface area contributed by atoms with Crippen LogP contribution in [0.4, 0.5) is 0 Å². The van der Waals surface area contributed by atoms with Gasteiger partial charge in [0.1, 0.15) is 0 Å². The molecule has 66 valence electrons. The maximum Gasteiger partial charge on any atom is 0.325 e. The number of hydrogen-bond acceptors (Lipinski definition) is 3. The lowest BCUT2D eigenvalue weighted by Crippen LogP contribution is -1.90. The molecule has 1 aromatic heterocycles. The largest absolute Gasteiger partial charge is 0.325 e. The van der Waals surface area contributed by atoms with Crippen molar-refractivity contribution in [3.05, 3.63) is 30.1 Å². The quantitative estimate of drug-likeness (QED) is 0.727. The van der Waals surface area contributed by atoms with Crippen molar-refractivity contribution in [2.24, 2.45) is 0 Å². The molecule has 1 N–H and O–H groups in total. The first-order valence-corrected chi connectivity index (χ1v) is 5.44. The maximum atomic E-state index is 10.7. The lowest BCUT2D eigenvalue weighted by atomic mass is 10.3. The third kappa shape index (κ3) is 3.62. The second kappa shape index (κ2) is 3.81. The molecule has 1 atom stereocenters. The highest BCUT2D eigenvalue weighted by Gasteiger charge is 2.09. The minimum atomic E-state index is -3.36. The Kier molecular flexibility index (Phi) is 2.98. The van der Waals surface area contributed by atoms with Gasteiger partial charge in [0.15, 0.2) is 0 Å². The standard InChI is InChI=1S/C7H10NO3P/c1-12(9,10)11-6-7-3-2-4-8-5-7/h2-5H,6H2,1H3,(H,9,10). The van der Waals surface area contributed by atoms with Crippen LogP contribution in [-0.2, 0) is 15.7 Å². The smallest absolute Gasteiger partial charge is 0.324 e. The third-order valence-corrected chi connectivity index (χ3v) is 1.80. The minimum Gasteiger partial charge on any atom is -0.324 e. The highest BCUT2D eigenvalue weighted by atomic mass is 31.2. The summed E-state index contributed by atoms with van der Waals surface area (Å²) >= 11 is 0. The Morgan fingerprint density at radius 3 is 3.00 bits per heavy atom. The van der Waals surface area contributed by atoms with Gasteiger partial charge in [-0.25, -0.2) is 0 Å². The van der Waals surface area contributed by atoms with Crippen LogP contribution in [0.15, 0.2) is 24.5 Å². The van der Waals surface area contributed by atoms with Crippen molar-refractivity contribution in [1.82, 2.24) is 4.98 Å². The van der Waals surface area contributed by atoms with E-state index in [1.807, 2.05) is 0 Å². The van der Waals surface area contributed by atoms with Crippen molar-refractivity contribution < 1.29 is 14.0 Å². The molecule has 0 aliphatic heterocycles. The Morgan fingerprint density at radius 2 is 2.50 bits per heavy atom. The molecule has 1 unspecified atom stereocenters. The van der Waals surface area contributed by atoms with Gasteiger partial charge in [-0.15, -0.1) is 0 Å². The van der Waals surface area contributed by atoms with Gasteiger partial charge in [-0.3, -0.25) is 9.55 Å². The van der Waals surface area contributed by atoms with Crippen LogP contribution in [0, 0.1) is 0 Å². The van der Waals surface area contributed by atoms with Gasteiger partial charge in [-0.2, -0.15) is 0 Å². The van der Waals surface area contributed by atoms with Crippen molar-refractivity contribution in [1.29, 1.82) is 0 Å². The number of nitrogens with zero attached hydrogens (tertiary/aromatic N) is 1. The van der Waals surface area contributed by atoms with Gasteiger partial charge in [0.05, 0.1) is 6.61 Å². The zero-order valence-corrected chi connectivity index (χ0v) is 7.57. The zero-order chi connectivity index (χ0) is 9.03. The van der Waals surface area contributed by atoms with Crippen LogP contribution in [0.2, 0.25) is 0 Å². The topological polar surface area (TPSA) is 59.4 Å². The molecule has 0 saturated heterocycles. The predicted molar refractivity (Wildman–Crippen MR) is 44.8 cm³/mol. The third-order valence-electron chi connectivity index (χ3n) is 1.19. The summed E-state index contributed by atoms with van der Waals surface area (Å²) in [6, 6.07) is 3.53. The SMILES string of the molecule is CP(=O)(O)OCc1cccnc1. The molecule has 0 fully saturated rings. The monoisotopic (exact) mass is 187 g/mol. The molecular formula is C7H10NO3P. The maximum absolute atomic E-state index is 10.7. The predicted octanol–water partition coefficient (Wildman–Crippen LogP) is 1.41. The van der Waals surface area contributed by atoms with E-state index in [4.69, 9.17) is 4.89 Å². The van der Waals surface area contributed by atoms with E-state index < -0.39 is 7.60 Å².